The van der Waals surface area contributed by atoms with Gasteiger partial charge in [0.2, 0.25) is 0 Å². The number of nitro groups is 1. The molecule has 0 saturated carbocycles. The number of non-ortho nitro benzene ring substituents is 1. The largest absolute Gasteiger partial charge is 0.496 e. The average Bonchev–Trinajstić information content (AvgIpc) is 2.39. The maximum absolute atomic E-state index is 10.7. The highest BCUT2D eigenvalue weighted by Crippen LogP contribution is 2.33. The monoisotopic (exact) mass is 263 g/mol. The second-order valence-electron chi connectivity index (χ2n) is 3.65. The minimum atomic E-state index is -0.450. The zero-order valence-electron chi connectivity index (χ0n) is 9.59. The van der Waals surface area contributed by atoms with Gasteiger partial charge in [0, 0.05) is 16.7 Å². The van der Waals surface area contributed by atoms with Crippen molar-refractivity contribution in [1.82, 2.24) is 0 Å². The fourth-order valence-electron chi connectivity index (χ4n) is 1.66. The highest BCUT2D eigenvalue weighted by atomic mass is 35.5. The molecule has 0 saturated heterocycles. The number of methoxy groups -OCH3 is 1. The minimum absolute atomic E-state index is 0.00423. The smallest absolute Gasteiger partial charge is 0.273 e. The van der Waals surface area contributed by atoms with E-state index in [4.69, 9.17) is 16.3 Å². The molecule has 0 aliphatic carbocycles. The Morgan fingerprint density at radius 3 is 2.39 bits per heavy atom. The van der Waals surface area contributed by atoms with Crippen LogP contribution in [0.25, 0.3) is 11.1 Å². The van der Waals surface area contributed by atoms with Gasteiger partial charge in [-0.2, -0.15) is 0 Å². The van der Waals surface area contributed by atoms with Crippen LogP contribution in [0.3, 0.4) is 0 Å². The molecule has 18 heavy (non-hydrogen) atoms. The molecule has 0 unspecified atom stereocenters. The zero-order valence-corrected chi connectivity index (χ0v) is 10.3. The van der Waals surface area contributed by atoms with Crippen LogP contribution in [0, 0.1) is 10.1 Å². The van der Waals surface area contributed by atoms with Gasteiger partial charge in [0.15, 0.2) is 0 Å². The maximum atomic E-state index is 10.7. The number of benzene rings is 2. The van der Waals surface area contributed by atoms with Gasteiger partial charge in [-0.1, -0.05) is 23.7 Å². The summed E-state index contributed by atoms with van der Waals surface area (Å²) in [5.41, 5.74) is 1.69. The van der Waals surface area contributed by atoms with E-state index in [2.05, 4.69) is 0 Å². The lowest BCUT2D eigenvalue weighted by atomic mass is 10.0. The van der Waals surface area contributed by atoms with Gasteiger partial charge >= 0.3 is 0 Å². The predicted molar refractivity (Wildman–Crippen MR) is 70.1 cm³/mol. The average molecular weight is 264 g/mol. The summed E-state index contributed by atoms with van der Waals surface area (Å²) in [4.78, 5) is 10.2. The van der Waals surface area contributed by atoms with E-state index < -0.39 is 4.92 Å². The molecule has 5 heteroatoms. The fourth-order valence-corrected chi connectivity index (χ4v) is 1.79. The van der Waals surface area contributed by atoms with Gasteiger partial charge in [0.1, 0.15) is 5.75 Å². The van der Waals surface area contributed by atoms with Crippen LogP contribution in [0.4, 0.5) is 5.69 Å². The van der Waals surface area contributed by atoms with Gasteiger partial charge in [-0.05, 0) is 23.8 Å². The Kier molecular flexibility index (Phi) is 3.48. The topological polar surface area (TPSA) is 52.4 Å². The Bertz CT molecular complexity index is 581. The molecule has 0 N–H and O–H groups in total. The number of rotatable bonds is 3. The standard InChI is InChI=1S/C13H10ClNO3/c1-18-13-8-11(15(16)17)6-7-12(13)9-2-4-10(14)5-3-9/h2-8H,1H3. The van der Waals surface area contributed by atoms with Crippen LogP contribution in [0.1, 0.15) is 0 Å². The van der Waals surface area contributed by atoms with Crippen molar-refractivity contribution < 1.29 is 9.66 Å². The molecule has 0 bridgehead atoms. The van der Waals surface area contributed by atoms with E-state index in [0.29, 0.717) is 10.8 Å². The number of ether oxygens (including phenoxy) is 1. The Hall–Kier alpha value is -2.07. The van der Waals surface area contributed by atoms with Crippen LogP contribution < -0.4 is 4.74 Å². The molecule has 0 heterocycles. The van der Waals surface area contributed by atoms with Crippen molar-refractivity contribution in [3.8, 4) is 16.9 Å². The molecule has 2 aromatic carbocycles. The predicted octanol–water partition coefficient (Wildman–Crippen LogP) is 3.92. The van der Waals surface area contributed by atoms with E-state index in [1.807, 2.05) is 12.1 Å². The van der Waals surface area contributed by atoms with E-state index in [0.717, 1.165) is 11.1 Å². The molecule has 0 aliphatic rings. The Morgan fingerprint density at radius 2 is 1.83 bits per heavy atom. The Balaban J connectivity index is 2.50. The normalized spacial score (nSPS) is 10.1. The minimum Gasteiger partial charge on any atom is -0.496 e. The molecule has 0 atom stereocenters. The highest BCUT2D eigenvalue weighted by Gasteiger charge is 2.12. The molecule has 0 amide bonds. The first-order valence-electron chi connectivity index (χ1n) is 5.20. The number of hydrogen-bond acceptors (Lipinski definition) is 3. The summed E-state index contributed by atoms with van der Waals surface area (Å²) in [7, 11) is 1.48. The van der Waals surface area contributed by atoms with E-state index >= 15 is 0 Å². The van der Waals surface area contributed by atoms with Crippen molar-refractivity contribution >= 4 is 17.3 Å². The van der Waals surface area contributed by atoms with Crippen LogP contribution in [-0.2, 0) is 0 Å². The number of nitrogens with zero attached hydrogens (tertiary/aromatic N) is 1. The molecule has 0 radical (unpaired) electrons. The van der Waals surface area contributed by atoms with Crippen LogP contribution in [0.5, 0.6) is 5.75 Å². The molecule has 0 fully saturated rings. The highest BCUT2D eigenvalue weighted by molar-refractivity contribution is 6.30. The van der Waals surface area contributed by atoms with E-state index in [1.54, 1.807) is 18.2 Å². The molecular formula is C13H10ClNO3. The van der Waals surface area contributed by atoms with Gasteiger partial charge in [-0.15, -0.1) is 0 Å². The summed E-state index contributed by atoms with van der Waals surface area (Å²) in [5, 5.41) is 11.3. The lowest BCUT2D eigenvalue weighted by molar-refractivity contribution is -0.384. The maximum Gasteiger partial charge on any atom is 0.273 e. The summed E-state index contributed by atoms with van der Waals surface area (Å²) in [6.07, 6.45) is 0. The second kappa shape index (κ2) is 5.06. The van der Waals surface area contributed by atoms with E-state index in [1.165, 1.54) is 19.2 Å². The van der Waals surface area contributed by atoms with Crippen molar-refractivity contribution in [2.24, 2.45) is 0 Å². The van der Waals surface area contributed by atoms with Crippen LogP contribution >= 0.6 is 11.6 Å². The van der Waals surface area contributed by atoms with Crippen LogP contribution in [-0.4, -0.2) is 12.0 Å². The Morgan fingerprint density at radius 1 is 1.17 bits per heavy atom. The van der Waals surface area contributed by atoms with Gasteiger partial charge < -0.3 is 4.74 Å². The third-order valence-corrected chi connectivity index (χ3v) is 2.80. The molecule has 0 spiro atoms. The molecule has 4 nitrogen and oxygen atoms in total. The number of hydrogen-bond donors (Lipinski definition) is 0. The molecular weight excluding hydrogens is 254 g/mol. The summed E-state index contributed by atoms with van der Waals surface area (Å²) >= 11 is 5.82. The first-order valence-corrected chi connectivity index (χ1v) is 5.58. The number of nitro benzene ring substituents is 1. The van der Waals surface area contributed by atoms with Crippen molar-refractivity contribution in [3.05, 3.63) is 57.6 Å². The van der Waals surface area contributed by atoms with Gasteiger partial charge in [-0.3, -0.25) is 10.1 Å². The fraction of sp³-hybridized carbons (Fsp3) is 0.0769. The molecule has 92 valence electrons. The third kappa shape index (κ3) is 2.43. The van der Waals surface area contributed by atoms with Gasteiger partial charge in [0.25, 0.3) is 5.69 Å². The summed E-state index contributed by atoms with van der Waals surface area (Å²) in [6, 6.07) is 11.7. The van der Waals surface area contributed by atoms with Crippen LogP contribution in [0.15, 0.2) is 42.5 Å². The van der Waals surface area contributed by atoms with Crippen molar-refractivity contribution in [2.45, 2.75) is 0 Å². The van der Waals surface area contributed by atoms with Crippen molar-refractivity contribution in [3.63, 3.8) is 0 Å². The SMILES string of the molecule is COc1cc([N+](=O)[O-])ccc1-c1ccc(Cl)cc1. The summed E-state index contributed by atoms with van der Waals surface area (Å²) in [6.45, 7) is 0. The third-order valence-electron chi connectivity index (χ3n) is 2.55. The zero-order chi connectivity index (χ0) is 13.1. The molecule has 2 aromatic rings. The molecule has 2 rings (SSSR count). The molecule has 0 aromatic heterocycles. The second-order valence-corrected chi connectivity index (χ2v) is 4.09. The lowest BCUT2D eigenvalue weighted by Crippen LogP contribution is -1.92. The van der Waals surface area contributed by atoms with Crippen molar-refractivity contribution in [1.29, 1.82) is 0 Å². The van der Waals surface area contributed by atoms with E-state index in [9.17, 15) is 10.1 Å². The summed E-state index contributed by atoms with van der Waals surface area (Å²) < 4.78 is 5.18. The van der Waals surface area contributed by atoms with E-state index in [-0.39, 0.29) is 5.69 Å². The Labute approximate surface area is 109 Å². The lowest BCUT2D eigenvalue weighted by Gasteiger charge is -2.08. The van der Waals surface area contributed by atoms with Crippen molar-refractivity contribution in [2.75, 3.05) is 7.11 Å². The molecule has 0 aliphatic heterocycles. The quantitative estimate of drug-likeness (QED) is 0.623. The first kappa shape index (κ1) is 12.4. The summed E-state index contributed by atoms with van der Waals surface area (Å²) in [5.74, 6) is 0.464. The number of halogens is 1. The first-order chi connectivity index (χ1) is 8.61. The van der Waals surface area contributed by atoms with Crippen LogP contribution in [0.2, 0.25) is 5.02 Å². The van der Waals surface area contributed by atoms with Gasteiger partial charge in [0.05, 0.1) is 18.1 Å². The van der Waals surface area contributed by atoms with Gasteiger partial charge in [-0.25, -0.2) is 0 Å².